The molecule has 28 heavy (non-hydrogen) atoms. The molecule has 1 aromatic heterocycles. The van der Waals surface area contributed by atoms with Crippen molar-refractivity contribution >= 4 is 17.0 Å². The first-order chi connectivity index (χ1) is 13.7. The third-order valence-electron chi connectivity index (χ3n) is 5.35. The van der Waals surface area contributed by atoms with Crippen LogP contribution in [0.25, 0.3) is 22.7 Å². The Kier molecular flexibility index (Phi) is 4.99. The minimum atomic E-state index is 0.896. The first kappa shape index (κ1) is 18.1. The van der Waals surface area contributed by atoms with Crippen molar-refractivity contribution in [1.29, 1.82) is 0 Å². The van der Waals surface area contributed by atoms with Gasteiger partial charge in [0, 0.05) is 11.1 Å². The molecule has 0 bridgehead atoms. The standard InChI is InChI=1S/C27H25N/c1-4-20(2)14-15-21(3)22-16-18-25-24-12-8-9-13-26(24)28(27(25)19-17-22)23-10-6-5-7-11-23/h4-17,19H,3,18H2,1-2H3/b15-14-,20-4-. The van der Waals surface area contributed by atoms with Gasteiger partial charge < -0.3 is 4.57 Å². The number of hydrogen-bond donors (Lipinski definition) is 0. The summed E-state index contributed by atoms with van der Waals surface area (Å²) in [6.45, 7) is 8.43. The Labute approximate surface area is 167 Å². The number of aromatic nitrogens is 1. The minimum Gasteiger partial charge on any atom is -0.310 e. The van der Waals surface area contributed by atoms with E-state index < -0.39 is 0 Å². The summed E-state index contributed by atoms with van der Waals surface area (Å²) in [6.07, 6.45) is 13.9. The van der Waals surface area contributed by atoms with Crippen LogP contribution in [0.3, 0.4) is 0 Å². The van der Waals surface area contributed by atoms with Gasteiger partial charge in [-0.1, -0.05) is 78.9 Å². The molecular formula is C27H25N. The predicted molar refractivity (Wildman–Crippen MR) is 122 cm³/mol. The highest BCUT2D eigenvalue weighted by Gasteiger charge is 2.17. The van der Waals surface area contributed by atoms with Gasteiger partial charge in [-0.25, -0.2) is 0 Å². The lowest BCUT2D eigenvalue weighted by Crippen LogP contribution is -1.96. The fourth-order valence-corrected chi connectivity index (χ4v) is 3.68. The van der Waals surface area contributed by atoms with Gasteiger partial charge in [-0.05, 0) is 61.3 Å². The Morgan fingerprint density at radius 1 is 0.964 bits per heavy atom. The van der Waals surface area contributed by atoms with Crippen LogP contribution < -0.4 is 0 Å². The minimum absolute atomic E-state index is 0.896. The van der Waals surface area contributed by atoms with Crippen molar-refractivity contribution in [3.05, 3.63) is 120 Å². The van der Waals surface area contributed by atoms with E-state index in [4.69, 9.17) is 0 Å². The zero-order valence-electron chi connectivity index (χ0n) is 16.5. The molecule has 0 spiro atoms. The van der Waals surface area contributed by atoms with Gasteiger partial charge in [-0.15, -0.1) is 0 Å². The van der Waals surface area contributed by atoms with E-state index in [1.165, 1.54) is 39.0 Å². The molecule has 2 aromatic carbocycles. The number of nitrogens with zero attached hydrogens (tertiary/aromatic N) is 1. The summed E-state index contributed by atoms with van der Waals surface area (Å²) in [5.41, 5.74) is 8.52. The van der Waals surface area contributed by atoms with E-state index in [2.05, 4.69) is 116 Å². The largest absolute Gasteiger partial charge is 0.310 e. The molecule has 1 heterocycles. The Morgan fingerprint density at radius 2 is 1.71 bits per heavy atom. The first-order valence-electron chi connectivity index (χ1n) is 9.75. The average Bonchev–Trinajstić information content (AvgIpc) is 2.89. The summed E-state index contributed by atoms with van der Waals surface area (Å²) < 4.78 is 2.36. The topological polar surface area (TPSA) is 4.93 Å². The molecule has 0 N–H and O–H groups in total. The molecule has 3 aromatic rings. The number of fused-ring (bicyclic) bond motifs is 3. The van der Waals surface area contributed by atoms with Crippen LogP contribution in [0.15, 0.2) is 108 Å². The normalized spacial score (nSPS) is 14.2. The summed E-state index contributed by atoms with van der Waals surface area (Å²) in [6, 6.07) is 19.3. The van der Waals surface area contributed by atoms with Gasteiger partial charge in [0.2, 0.25) is 0 Å². The summed E-state index contributed by atoms with van der Waals surface area (Å²) in [4.78, 5) is 0. The van der Waals surface area contributed by atoms with E-state index in [9.17, 15) is 0 Å². The summed E-state index contributed by atoms with van der Waals surface area (Å²) in [7, 11) is 0. The molecule has 0 atom stereocenters. The van der Waals surface area contributed by atoms with Crippen molar-refractivity contribution in [2.24, 2.45) is 0 Å². The van der Waals surface area contributed by atoms with E-state index in [0.29, 0.717) is 0 Å². The Hall–Kier alpha value is -3.32. The molecule has 4 rings (SSSR count). The zero-order chi connectivity index (χ0) is 19.5. The van der Waals surface area contributed by atoms with Crippen LogP contribution in [-0.2, 0) is 6.42 Å². The maximum absolute atomic E-state index is 4.28. The molecule has 0 saturated carbocycles. The van der Waals surface area contributed by atoms with Crippen molar-refractivity contribution in [2.75, 3.05) is 0 Å². The summed E-state index contributed by atoms with van der Waals surface area (Å²) in [5, 5.41) is 1.31. The Bertz CT molecular complexity index is 1150. The van der Waals surface area contributed by atoms with Crippen LogP contribution in [-0.4, -0.2) is 4.57 Å². The zero-order valence-corrected chi connectivity index (χ0v) is 16.5. The molecule has 0 fully saturated rings. The van der Waals surface area contributed by atoms with Gasteiger partial charge in [0.05, 0.1) is 11.2 Å². The van der Waals surface area contributed by atoms with E-state index in [0.717, 1.165) is 12.0 Å². The molecule has 0 saturated heterocycles. The maximum Gasteiger partial charge on any atom is 0.0537 e. The quantitative estimate of drug-likeness (QED) is 0.432. The van der Waals surface area contributed by atoms with Crippen LogP contribution >= 0.6 is 0 Å². The van der Waals surface area contributed by atoms with Gasteiger partial charge in [0.1, 0.15) is 0 Å². The second-order valence-corrected chi connectivity index (χ2v) is 7.14. The van der Waals surface area contributed by atoms with Crippen molar-refractivity contribution in [2.45, 2.75) is 20.3 Å². The van der Waals surface area contributed by atoms with Crippen LogP contribution in [0.4, 0.5) is 0 Å². The second-order valence-electron chi connectivity index (χ2n) is 7.14. The highest BCUT2D eigenvalue weighted by molar-refractivity contribution is 5.91. The molecule has 138 valence electrons. The number of allylic oxidation sites excluding steroid dienone is 8. The van der Waals surface area contributed by atoms with E-state index in [1.54, 1.807) is 0 Å². The molecule has 1 heteroatoms. The molecule has 1 aliphatic carbocycles. The molecule has 0 radical (unpaired) electrons. The van der Waals surface area contributed by atoms with Gasteiger partial charge in [0.25, 0.3) is 0 Å². The number of hydrogen-bond acceptors (Lipinski definition) is 0. The van der Waals surface area contributed by atoms with Crippen molar-refractivity contribution in [3.8, 4) is 5.69 Å². The molecular weight excluding hydrogens is 338 g/mol. The third kappa shape index (κ3) is 3.32. The maximum atomic E-state index is 4.28. The Balaban J connectivity index is 1.80. The van der Waals surface area contributed by atoms with Gasteiger partial charge in [-0.3, -0.25) is 0 Å². The highest BCUT2D eigenvalue weighted by atomic mass is 15.0. The smallest absolute Gasteiger partial charge is 0.0537 e. The van der Waals surface area contributed by atoms with Crippen LogP contribution in [0.5, 0.6) is 0 Å². The summed E-state index contributed by atoms with van der Waals surface area (Å²) in [5.74, 6) is 0. The SMILES string of the molecule is C=C(/C=C\C(C)=C/C)C1=CCc2c(n(-c3ccccc3)c3ccccc23)C=C1. The van der Waals surface area contributed by atoms with Crippen LogP contribution in [0.2, 0.25) is 0 Å². The fourth-order valence-electron chi connectivity index (χ4n) is 3.68. The fraction of sp³-hybridized carbons (Fsp3) is 0.111. The first-order valence-corrected chi connectivity index (χ1v) is 9.75. The van der Waals surface area contributed by atoms with E-state index >= 15 is 0 Å². The van der Waals surface area contributed by atoms with Gasteiger partial charge in [0.15, 0.2) is 0 Å². The van der Waals surface area contributed by atoms with Gasteiger partial charge >= 0.3 is 0 Å². The average molecular weight is 364 g/mol. The van der Waals surface area contributed by atoms with Crippen LogP contribution in [0.1, 0.15) is 25.1 Å². The van der Waals surface area contributed by atoms with Crippen LogP contribution in [0, 0.1) is 0 Å². The molecule has 0 unspecified atom stereocenters. The second kappa shape index (κ2) is 7.74. The highest BCUT2D eigenvalue weighted by Crippen LogP contribution is 2.33. The third-order valence-corrected chi connectivity index (χ3v) is 5.35. The predicted octanol–water partition coefficient (Wildman–Crippen LogP) is 7.20. The number of rotatable bonds is 4. The lowest BCUT2D eigenvalue weighted by atomic mass is 10.0. The molecule has 0 amide bonds. The van der Waals surface area contributed by atoms with Gasteiger partial charge in [-0.2, -0.15) is 0 Å². The van der Waals surface area contributed by atoms with Crippen molar-refractivity contribution in [1.82, 2.24) is 4.57 Å². The van der Waals surface area contributed by atoms with Crippen molar-refractivity contribution < 1.29 is 0 Å². The lowest BCUT2D eigenvalue weighted by Gasteiger charge is -2.09. The van der Waals surface area contributed by atoms with Crippen molar-refractivity contribution in [3.63, 3.8) is 0 Å². The molecule has 0 aliphatic heterocycles. The van der Waals surface area contributed by atoms with E-state index in [1.807, 2.05) is 0 Å². The Morgan fingerprint density at radius 3 is 2.50 bits per heavy atom. The monoisotopic (exact) mass is 363 g/mol. The number of para-hydroxylation sites is 2. The number of benzene rings is 2. The van der Waals surface area contributed by atoms with E-state index in [-0.39, 0.29) is 0 Å². The lowest BCUT2D eigenvalue weighted by molar-refractivity contribution is 1.09. The molecule has 1 nitrogen and oxygen atoms in total. The summed E-state index contributed by atoms with van der Waals surface area (Å²) >= 11 is 0. The molecule has 1 aliphatic rings.